The Labute approximate surface area is 588 Å². The number of hydrogen-bond donors (Lipinski definition) is 3. The number of fused-ring (bicyclic) bond motifs is 1. The number of nitrogens with zero attached hydrogens (tertiary/aromatic N) is 9. The predicted molar refractivity (Wildman–Crippen MR) is 374 cm³/mol. The van der Waals surface area contributed by atoms with Crippen LogP contribution in [0.3, 0.4) is 0 Å². The molecular formula is C72H116N12O14S. The van der Waals surface area contributed by atoms with Crippen LogP contribution in [-0.4, -0.2) is 267 Å². The summed E-state index contributed by atoms with van der Waals surface area (Å²) < 4.78 is 24.6. The molecule has 12 amide bonds. The van der Waals surface area contributed by atoms with Crippen molar-refractivity contribution in [1.82, 2.24) is 60.0 Å². The fourth-order valence-electron chi connectivity index (χ4n) is 14.7. The van der Waals surface area contributed by atoms with Crippen LogP contribution in [0.1, 0.15) is 181 Å². The van der Waals surface area contributed by atoms with Crippen LogP contribution in [0.5, 0.6) is 0 Å². The van der Waals surface area contributed by atoms with E-state index in [4.69, 9.17) is 0 Å². The zero-order valence-electron chi connectivity index (χ0n) is 61.2. The largest absolute Gasteiger partial charge is 0.354 e. The summed E-state index contributed by atoms with van der Waals surface area (Å²) in [5.74, 6) is -7.26. The Kier molecular flexibility index (Phi) is 31.0. The number of nitrogens with one attached hydrogen (secondary N) is 3. The van der Waals surface area contributed by atoms with Crippen molar-refractivity contribution < 1.29 is 66.0 Å². The normalized spacial score (nSPS) is 26.2. The molecule has 2 saturated carbocycles. The van der Waals surface area contributed by atoms with E-state index < -0.39 is 149 Å². The maximum absolute atomic E-state index is 15.4. The van der Waals surface area contributed by atoms with Crippen molar-refractivity contribution in [3.63, 3.8) is 0 Å². The molecule has 3 N–H and O–H groups in total. The van der Waals surface area contributed by atoms with Gasteiger partial charge in [-0.1, -0.05) is 97.6 Å². The molecule has 3 heterocycles. The van der Waals surface area contributed by atoms with Crippen molar-refractivity contribution in [3.8, 4) is 0 Å². The Hall–Kier alpha value is -7.19. The molecule has 0 unspecified atom stereocenters. The fraction of sp³-hybridized carbons (Fsp3) is 0.750. The molecule has 26 nitrogen and oxygen atoms in total. The minimum atomic E-state index is -3.51. The lowest BCUT2D eigenvalue weighted by atomic mass is 9.82. The van der Waals surface area contributed by atoms with E-state index in [1.165, 1.54) is 88.7 Å². The smallest absolute Gasteiger partial charge is 0.246 e. The summed E-state index contributed by atoms with van der Waals surface area (Å²) in [4.78, 5) is 188. The average molecular weight is 1410 g/mol. The summed E-state index contributed by atoms with van der Waals surface area (Å²) in [6.45, 7) is 7.12. The van der Waals surface area contributed by atoms with Crippen LogP contribution < -0.4 is 16.0 Å². The molecule has 5 aliphatic rings. The summed E-state index contributed by atoms with van der Waals surface area (Å²) in [6, 6.07) is -1.58. The summed E-state index contributed by atoms with van der Waals surface area (Å²) >= 11 is 0. The molecule has 554 valence electrons. The van der Waals surface area contributed by atoms with Gasteiger partial charge in [0.15, 0.2) is 9.84 Å². The van der Waals surface area contributed by atoms with Gasteiger partial charge in [-0.2, -0.15) is 0 Å². The van der Waals surface area contributed by atoms with Crippen LogP contribution in [0, 0.1) is 23.7 Å². The number of carbonyl (C=O) groups is 12. The number of piperidine rings is 1. The number of aryl methyl sites for hydroxylation is 1. The number of benzene rings is 1. The molecule has 0 spiro atoms. The van der Waals surface area contributed by atoms with Crippen molar-refractivity contribution >= 4 is 80.7 Å². The standard InChI is InChI=1S/C72H116N12O14S/c1-13-49(4)64-71(95)78(7)46-62(88)76(5)47-63(89)80(9)57(43-51-26-17-14-18-27-51)69(93)77(6)45-59(85)74-54(37-34-50-32-35-53(36-33-50)99(12,97)98)68(92)84-41-25-30-55(84)66(90)73-38-22-21-31-60(86)82(11)65(52-28-19-15-20-29-52)72(96)81(10)58(70(94)83-39-23-16-24-40-83)44-61(87)79(8)56(42-48(2)3)67(91)75-64/h32-33,35-36,48-49,51-52,54-58,64-65H,13-31,34,37-47H2,1-12H3,(H,73,90)(H,74,85)(H,75,91)/t49-,54-,55-,56-,57-,58-,64-,65-/m0/s1. The molecule has 3 saturated heterocycles. The van der Waals surface area contributed by atoms with Crippen LogP contribution in [-0.2, 0) is 73.8 Å². The molecule has 2 aliphatic carbocycles. The lowest BCUT2D eigenvalue weighted by molar-refractivity contribution is -0.155. The van der Waals surface area contributed by atoms with Crippen LogP contribution in [0.4, 0.5) is 0 Å². The third-order valence-corrected chi connectivity index (χ3v) is 22.5. The van der Waals surface area contributed by atoms with Gasteiger partial charge in [0.1, 0.15) is 42.3 Å². The number of likely N-dealkylation sites (tertiary alicyclic amines) is 1. The summed E-state index contributed by atoms with van der Waals surface area (Å²) in [6.07, 6.45) is 14.1. The topological polar surface area (TPSA) is 304 Å². The third kappa shape index (κ3) is 22.7. The van der Waals surface area contributed by atoms with E-state index >= 15 is 4.79 Å². The highest BCUT2D eigenvalue weighted by Crippen LogP contribution is 2.33. The van der Waals surface area contributed by atoms with E-state index in [2.05, 4.69) is 16.0 Å². The van der Waals surface area contributed by atoms with Crippen molar-refractivity contribution in [2.45, 2.75) is 229 Å². The Morgan fingerprint density at radius 1 is 0.566 bits per heavy atom. The third-order valence-electron chi connectivity index (χ3n) is 21.3. The summed E-state index contributed by atoms with van der Waals surface area (Å²) in [7, 11) is 6.79. The predicted octanol–water partition coefficient (Wildman–Crippen LogP) is 4.01. The number of sulfone groups is 1. The number of hydrogen-bond acceptors (Lipinski definition) is 14. The first kappa shape index (κ1) is 80.8. The number of rotatable bonds is 12. The van der Waals surface area contributed by atoms with Gasteiger partial charge in [0.2, 0.25) is 70.9 Å². The highest BCUT2D eigenvalue weighted by atomic mass is 32.2. The highest BCUT2D eigenvalue weighted by Gasteiger charge is 2.44. The minimum Gasteiger partial charge on any atom is -0.354 e. The van der Waals surface area contributed by atoms with E-state index in [-0.39, 0.29) is 73.8 Å². The zero-order chi connectivity index (χ0) is 73.0. The van der Waals surface area contributed by atoms with Gasteiger partial charge < -0.3 is 60.0 Å². The maximum Gasteiger partial charge on any atom is 0.246 e. The van der Waals surface area contributed by atoms with Crippen LogP contribution in [0.25, 0.3) is 0 Å². The van der Waals surface area contributed by atoms with Crippen molar-refractivity contribution in [2.24, 2.45) is 23.7 Å². The van der Waals surface area contributed by atoms with Crippen molar-refractivity contribution in [1.29, 1.82) is 0 Å². The summed E-state index contributed by atoms with van der Waals surface area (Å²) in [5.41, 5.74) is 0.678. The van der Waals surface area contributed by atoms with Gasteiger partial charge in [-0.15, -0.1) is 0 Å². The molecule has 0 radical (unpaired) electrons. The molecular weight excluding hydrogens is 1290 g/mol. The average Bonchev–Trinajstić information content (AvgIpc) is 1.61. The second kappa shape index (κ2) is 38.0. The zero-order valence-corrected chi connectivity index (χ0v) is 62.0. The van der Waals surface area contributed by atoms with Gasteiger partial charge in [-0.05, 0) is 125 Å². The first-order chi connectivity index (χ1) is 46.8. The van der Waals surface area contributed by atoms with E-state index in [0.29, 0.717) is 63.6 Å². The Morgan fingerprint density at radius 2 is 1.16 bits per heavy atom. The molecule has 1 aromatic rings. The van der Waals surface area contributed by atoms with Gasteiger partial charge >= 0.3 is 0 Å². The quantitative estimate of drug-likeness (QED) is 0.267. The highest BCUT2D eigenvalue weighted by molar-refractivity contribution is 7.90. The molecule has 1 aromatic carbocycles. The second-order valence-electron chi connectivity index (χ2n) is 29.3. The number of amides is 12. The molecule has 0 bridgehead atoms. The number of likely N-dealkylation sites (N-methyl/N-ethyl adjacent to an activating group) is 7. The molecule has 8 atom stereocenters. The lowest BCUT2D eigenvalue weighted by Gasteiger charge is -2.41. The second-order valence-corrected chi connectivity index (χ2v) is 31.4. The first-order valence-corrected chi connectivity index (χ1v) is 38.3. The van der Waals surface area contributed by atoms with Crippen LogP contribution >= 0.6 is 0 Å². The molecule has 99 heavy (non-hydrogen) atoms. The Bertz CT molecular complexity index is 3100. The van der Waals surface area contributed by atoms with Gasteiger partial charge in [0.05, 0.1) is 31.0 Å². The minimum absolute atomic E-state index is 0.0176. The van der Waals surface area contributed by atoms with Crippen molar-refractivity contribution in [3.05, 3.63) is 29.8 Å². The molecule has 0 aromatic heterocycles. The van der Waals surface area contributed by atoms with Gasteiger partial charge in [-0.25, -0.2) is 8.42 Å². The molecule has 27 heteroatoms. The molecule has 6 rings (SSSR count). The fourth-order valence-corrected chi connectivity index (χ4v) is 15.3. The maximum atomic E-state index is 15.4. The lowest BCUT2D eigenvalue weighted by Crippen LogP contribution is -2.60. The number of carbonyl (C=O) groups excluding carboxylic acids is 12. The van der Waals surface area contributed by atoms with Crippen molar-refractivity contribution in [2.75, 3.05) is 101 Å². The van der Waals surface area contributed by atoms with Gasteiger partial charge in [0, 0.05) is 88.2 Å². The SMILES string of the molecule is CC[C@H](C)[C@@H]1NC(=O)[C@H](CC(C)C)N(C)C(=O)C[C@@H](C(=O)N2CCCCC2)N(C)C(=O)[C@H](C2CCCCC2)N(C)C(=O)CCCCNC(=O)[C@@H]2CCCN2C(=O)[C@H](CCc2ccc(S(C)(=O)=O)cc2)NC(=O)CN(C)C(=O)[C@H](CC2CCCCC2)N(C)C(=O)CN(C)C(=O)CN(C)C1=O. The van der Waals surface area contributed by atoms with E-state index in [0.717, 1.165) is 81.8 Å². The monoisotopic (exact) mass is 1400 g/mol. The van der Waals surface area contributed by atoms with E-state index in [9.17, 15) is 61.2 Å². The van der Waals surface area contributed by atoms with E-state index in [1.807, 2.05) is 20.8 Å². The Morgan fingerprint density at radius 3 is 1.78 bits per heavy atom. The van der Waals surface area contributed by atoms with Crippen LogP contribution in [0.2, 0.25) is 0 Å². The van der Waals surface area contributed by atoms with Gasteiger partial charge in [-0.3, -0.25) is 57.5 Å². The molecule has 3 aliphatic heterocycles. The van der Waals surface area contributed by atoms with Crippen LogP contribution in [0.15, 0.2) is 29.2 Å². The summed E-state index contributed by atoms with van der Waals surface area (Å²) in [5, 5.41) is 8.74. The van der Waals surface area contributed by atoms with Gasteiger partial charge in [0.25, 0.3) is 0 Å². The first-order valence-electron chi connectivity index (χ1n) is 36.4. The Balaban J connectivity index is 1.33. The van der Waals surface area contributed by atoms with E-state index in [1.54, 1.807) is 31.0 Å². The molecule has 5 fully saturated rings.